The molecule has 0 aliphatic carbocycles. The number of nitrogens with zero attached hydrogens (tertiary/aromatic N) is 6. The van der Waals surface area contributed by atoms with E-state index in [4.69, 9.17) is 11.6 Å². The number of benzene rings is 3. The molecule has 0 atom stereocenters. The second-order valence-corrected chi connectivity index (χ2v) is 12.2. The first-order valence-corrected chi connectivity index (χ1v) is 16.1. The number of piperazine rings is 1. The number of rotatable bonds is 9. The van der Waals surface area contributed by atoms with Crippen LogP contribution in [0.2, 0.25) is 5.02 Å². The molecule has 3 aromatic carbocycles. The van der Waals surface area contributed by atoms with Crippen molar-refractivity contribution >= 4 is 46.7 Å². The van der Waals surface area contributed by atoms with Gasteiger partial charge in [-0.05, 0) is 29.8 Å². The molecule has 6 rings (SSSR count). The highest BCUT2D eigenvalue weighted by molar-refractivity contribution is 7.98. The van der Waals surface area contributed by atoms with E-state index in [9.17, 15) is 9.18 Å². The number of hydrogen-bond donors (Lipinski definition) is 0. The van der Waals surface area contributed by atoms with E-state index in [1.54, 1.807) is 28.8 Å². The lowest BCUT2D eigenvalue weighted by molar-refractivity contribution is 0.0645. The van der Waals surface area contributed by atoms with Crippen LogP contribution in [0.3, 0.4) is 0 Å². The summed E-state index contributed by atoms with van der Waals surface area (Å²) in [7, 11) is 0. The Morgan fingerprint density at radius 2 is 1.70 bits per heavy atom. The minimum atomic E-state index is -0.396. The van der Waals surface area contributed by atoms with Crippen LogP contribution >= 0.6 is 34.7 Å². The molecule has 0 bridgehead atoms. The third-order valence-corrected chi connectivity index (χ3v) is 9.37. The third-order valence-electron chi connectivity index (χ3n) is 7.07. The highest BCUT2D eigenvalue weighted by atomic mass is 35.5. The minimum Gasteiger partial charge on any atom is -0.335 e. The minimum absolute atomic E-state index is 0.0532. The molecule has 43 heavy (non-hydrogen) atoms. The lowest BCUT2D eigenvalue weighted by Gasteiger charge is -2.33. The fourth-order valence-corrected chi connectivity index (χ4v) is 6.78. The van der Waals surface area contributed by atoms with Crippen LogP contribution in [0, 0.1) is 5.82 Å². The number of thioether (sulfide) groups is 1. The zero-order valence-electron chi connectivity index (χ0n) is 23.1. The monoisotopic (exact) mass is 630 g/mol. The van der Waals surface area contributed by atoms with Gasteiger partial charge in [0, 0.05) is 43.7 Å². The van der Waals surface area contributed by atoms with Crippen molar-refractivity contribution in [1.29, 1.82) is 0 Å². The number of carbonyl (C=O) groups excluding carboxylic acids is 1. The Kier molecular flexibility index (Phi) is 9.28. The summed E-state index contributed by atoms with van der Waals surface area (Å²) in [5.74, 6) is 0.450. The summed E-state index contributed by atoms with van der Waals surface area (Å²) in [6, 6.07) is 24.0. The van der Waals surface area contributed by atoms with Crippen LogP contribution in [0.15, 0.2) is 95.5 Å². The molecular formula is C32H28ClFN6OS2. The maximum absolute atomic E-state index is 14.9. The molecule has 3 heterocycles. The van der Waals surface area contributed by atoms with Gasteiger partial charge < -0.3 is 4.90 Å². The average molecular weight is 631 g/mol. The highest BCUT2D eigenvalue weighted by Crippen LogP contribution is 2.34. The predicted molar refractivity (Wildman–Crippen MR) is 171 cm³/mol. The van der Waals surface area contributed by atoms with Gasteiger partial charge in [-0.1, -0.05) is 90.1 Å². The van der Waals surface area contributed by atoms with E-state index < -0.39 is 5.82 Å². The van der Waals surface area contributed by atoms with Crippen LogP contribution in [-0.2, 0) is 5.75 Å². The second-order valence-electron chi connectivity index (χ2n) is 9.89. The standard InChI is InChI=1S/C32H28ClFN6OS2/c33-25-13-5-4-12-24(25)30-36-37-32(40(30)28-15-7-6-14-26(28)34)43-22-29-35-27(21-42-29)31(41)39-19-17-38(18-20-39)16-8-11-23-9-2-1-3-10-23/h1-15,21H,16-20,22H2. The zero-order valence-corrected chi connectivity index (χ0v) is 25.5. The normalized spacial score (nSPS) is 14.0. The van der Waals surface area contributed by atoms with Crippen molar-refractivity contribution in [2.75, 3.05) is 32.7 Å². The summed E-state index contributed by atoms with van der Waals surface area (Å²) in [6.45, 7) is 3.81. The van der Waals surface area contributed by atoms with Crippen molar-refractivity contribution in [3.8, 4) is 17.1 Å². The van der Waals surface area contributed by atoms with E-state index in [2.05, 4.69) is 44.4 Å². The molecule has 0 unspecified atom stereocenters. The lowest BCUT2D eigenvalue weighted by atomic mass is 10.2. The topological polar surface area (TPSA) is 67.2 Å². The van der Waals surface area contributed by atoms with Crippen LogP contribution < -0.4 is 0 Å². The first kappa shape index (κ1) is 29.3. The second kappa shape index (κ2) is 13.6. The van der Waals surface area contributed by atoms with Crippen molar-refractivity contribution in [2.45, 2.75) is 10.9 Å². The van der Waals surface area contributed by atoms with Crippen molar-refractivity contribution < 1.29 is 9.18 Å². The van der Waals surface area contributed by atoms with Crippen molar-refractivity contribution in [1.82, 2.24) is 29.5 Å². The molecule has 11 heteroatoms. The van der Waals surface area contributed by atoms with E-state index >= 15 is 0 Å². The highest BCUT2D eigenvalue weighted by Gasteiger charge is 2.24. The van der Waals surface area contributed by atoms with Gasteiger partial charge in [-0.2, -0.15) is 0 Å². The molecule has 1 aliphatic rings. The van der Waals surface area contributed by atoms with E-state index in [-0.39, 0.29) is 5.91 Å². The van der Waals surface area contributed by atoms with Crippen molar-refractivity contribution in [3.05, 3.63) is 117 Å². The Labute approximate surface area is 262 Å². The Morgan fingerprint density at radius 3 is 2.49 bits per heavy atom. The van der Waals surface area contributed by atoms with Crippen molar-refractivity contribution in [3.63, 3.8) is 0 Å². The number of aromatic nitrogens is 4. The van der Waals surface area contributed by atoms with E-state index in [1.165, 1.54) is 34.7 Å². The molecule has 0 N–H and O–H groups in total. The number of para-hydroxylation sites is 1. The first-order chi connectivity index (χ1) is 21.1. The molecule has 1 amide bonds. The van der Waals surface area contributed by atoms with Gasteiger partial charge in [0.15, 0.2) is 11.0 Å². The molecule has 5 aromatic rings. The zero-order chi connectivity index (χ0) is 29.6. The smallest absolute Gasteiger partial charge is 0.273 e. The molecule has 218 valence electrons. The van der Waals surface area contributed by atoms with E-state index in [1.807, 2.05) is 46.7 Å². The third kappa shape index (κ3) is 6.88. The lowest BCUT2D eigenvalue weighted by Crippen LogP contribution is -2.48. The summed E-state index contributed by atoms with van der Waals surface area (Å²) in [4.78, 5) is 22.1. The maximum Gasteiger partial charge on any atom is 0.273 e. The van der Waals surface area contributed by atoms with E-state index in [0.29, 0.717) is 51.8 Å². The van der Waals surface area contributed by atoms with Crippen molar-refractivity contribution in [2.24, 2.45) is 0 Å². The van der Waals surface area contributed by atoms with Gasteiger partial charge in [0.2, 0.25) is 0 Å². The predicted octanol–water partition coefficient (Wildman–Crippen LogP) is 6.95. The Hall–Kier alpha value is -3.83. The SMILES string of the molecule is O=C(c1csc(CSc2nnc(-c3ccccc3Cl)n2-c2ccccc2F)n1)N1CCN(CC=Cc2ccccc2)CC1. The molecule has 0 spiro atoms. The first-order valence-electron chi connectivity index (χ1n) is 13.8. The Balaban J connectivity index is 1.10. The summed E-state index contributed by atoms with van der Waals surface area (Å²) in [5, 5.41) is 12.3. The van der Waals surface area contributed by atoms with Gasteiger partial charge >= 0.3 is 0 Å². The Bertz CT molecular complexity index is 1730. The number of halogens is 2. The van der Waals surface area contributed by atoms with E-state index in [0.717, 1.165) is 24.6 Å². The molecule has 1 saturated heterocycles. The number of thiazole rings is 1. The summed E-state index contributed by atoms with van der Waals surface area (Å²) in [6.07, 6.45) is 4.30. The van der Waals surface area contributed by atoms with Gasteiger partial charge in [0.05, 0.1) is 16.5 Å². The average Bonchev–Trinajstić information content (AvgIpc) is 3.69. The molecule has 7 nitrogen and oxygen atoms in total. The Morgan fingerprint density at radius 1 is 0.953 bits per heavy atom. The number of hydrogen-bond acceptors (Lipinski definition) is 7. The fraction of sp³-hybridized carbons (Fsp3) is 0.188. The molecule has 1 aliphatic heterocycles. The quantitative estimate of drug-likeness (QED) is 0.164. The van der Waals surface area contributed by atoms with Gasteiger partial charge in [0.1, 0.15) is 16.5 Å². The molecule has 2 aromatic heterocycles. The van der Waals surface area contributed by atoms with Gasteiger partial charge in [-0.3, -0.25) is 14.3 Å². The van der Waals surface area contributed by atoms with Crippen LogP contribution in [0.1, 0.15) is 21.1 Å². The van der Waals surface area contributed by atoms with Crippen LogP contribution in [-0.4, -0.2) is 68.2 Å². The molecule has 0 saturated carbocycles. The van der Waals surface area contributed by atoms with Gasteiger partial charge in [-0.15, -0.1) is 21.5 Å². The molecule has 1 fully saturated rings. The van der Waals surface area contributed by atoms with Crippen LogP contribution in [0.25, 0.3) is 23.2 Å². The number of amides is 1. The maximum atomic E-state index is 14.9. The fourth-order valence-electron chi connectivity index (χ4n) is 4.83. The summed E-state index contributed by atoms with van der Waals surface area (Å²) < 4.78 is 16.6. The number of carbonyl (C=O) groups is 1. The molecular weight excluding hydrogens is 603 g/mol. The van der Waals surface area contributed by atoms with Gasteiger partial charge in [-0.25, -0.2) is 9.37 Å². The van der Waals surface area contributed by atoms with Gasteiger partial charge in [0.25, 0.3) is 5.91 Å². The summed E-state index contributed by atoms with van der Waals surface area (Å²) >= 11 is 9.27. The van der Waals surface area contributed by atoms with Crippen LogP contribution in [0.4, 0.5) is 4.39 Å². The summed E-state index contributed by atoms with van der Waals surface area (Å²) in [5.41, 5.74) is 2.61. The largest absolute Gasteiger partial charge is 0.335 e. The molecule has 0 radical (unpaired) electrons. The van der Waals surface area contributed by atoms with Crippen LogP contribution in [0.5, 0.6) is 0 Å².